The summed E-state index contributed by atoms with van der Waals surface area (Å²) < 4.78 is 0. The van der Waals surface area contributed by atoms with Crippen molar-refractivity contribution in [3.8, 4) is 0 Å². The molecule has 0 heterocycles. The van der Waals surface area contributed by atoms with E-state index in [1.807, 2.05) is 18.2 Å². The van der Waals surface area contributed by atoms with Gasteiger partial charge in [-0.3, -0.25) is 4.79 Å². The highest BCUT2D eigenvalue weighted by Gasteiger charge is 2.61. The van der Waals surface area contributed by atoms with E-state index in [1.165, 1.54) is 5.56 Å². The van der Waals surface area contributed by atoms with Crippen LogP contribution in [0.4, 0.5) is 0 Å². The number of nitrogens with two attached hydrogens (primary N) is 1. The van der Waals surface area contributed by atoms with Crippen LogP contribution >= 0.6 is 0 Å². The molecule has 2 rings (SSSR count). The normalized spacial score (nSPS) is 28.4. The molecule has 1 aliphatic rings. The summed E-state index contributed by atoms with van der Waals surface area (Å²) in [5.74, 6) is 0.134. The molecule has 74 valence electrons. The Balaban J connectivity index is 2.28. The first-order valence-electron chi connectivity index (χ1n) is 4.89. The first kappa shape index (κ1) is 9.25. The van der Waals surface area contributed by atoms with Gasteiger partial charge in [-0.2, -0.15) is 0 Å². The Labute approximate surface area is 84.1 Å². The maximum absolute atomic E-state index is 11.2. The van der Waals surface area contributed by atoms with Crippen molar-refractivity contribution in [1.82, 2.24) is 0 Å². The van der Waals surface area contributed by atoms with E-state index in [9.17, 15) is 4.79 Å². The fourth-order valence-corrected chi connectivity index (χ4v) is 2.45. The number of amides is 1. The van der Waals surface area contributed by atoms with Gasteiger partial charge >= 0.3 is 0 Å². The predicted octanol–water partition coefficient (Wildman–Crippen LogP) is 1.91. The molecule has 2 N–H and O–H groups in total. The molecule has 1 aromatic rings. The molecule has 0 unspecified atom stereocenters. The molecule has 0 saturated heterocycles. The zero-order chi connectivity index (χ0) is 10.3. The van der Waals surface area contributed by atoms with Crippen molar-refractivity contribution in [2.45, 2.75) is 19.8 Å². The lowest BCUT2D eigenvalue weighted by Crippen LogP contribution is -2.16. The van der Waals surface area contributed by atoms with Crippen LogP contribution in [0.1, 0.15) is 25.3 Å². The van der Waals surface area contributed by atoms with Crippen molar-refractivity contribution >= 4 is 5.91 Å². The Hall–Kier alpha value is -1.31. The van der Waals surface area contributed by atoms with Gasteiger partial charge in [0, 0.05) is 5.92 Å². The highest BCUT2D eigenvalue weighted by Crippen LogP contribution is 2.64. The van der Waals surface area contributed by atoms with Crippen LogP contribution in [0.2, 0.25) is 0 Å². The molecule has 2 atom stereocenters. The second-order valence-corrected chi connectivity index (χ2v) is 4.59. The van der Waals surface area contributed by atoms with Gasteiger partial charge in [-0.05, 0) is 11.0 Å². The lowest BCUT2D eigenvalue weighted by atomic mass is 10.0. The summed E-state index contributed by atoms with van der Waals surface area (Å²) >= 11 is 0. The highest BCUT2D eigenvalue weighted by molar-refractivity contribution is 5.83. The average molecular weight is 189 g/mol. The molecule has 1 aromatic carbocycles. The molecule has 2 heteroatoms. The molecular weight excluding hydrogens is 174 g/mol. The van der Waals surface area contributed by atoms with Gasteiger partial charge in [-0.25, -0.2) is 0 Å². The minimum atomic E-state index is -0.177. The van der Waals surface area contributed by atoms with E-state index < -0.39 is 0 Å². The Morgan fingerprint density at radius 1 is 1.29 bits per heavy atom. The number of hydrogen-bond donors (Lipinski definition) is 1. The first-order chi connectivity index (χ1) is 6.55. The van der Waals surface area contributed by atoms with Gasteiger partial charge in [-0.1, -0.05) is 44.2 Å². The molecule has 2 nitrogen and oxygen atoms in total. The van der Waals surface area contributed by atoms with Gasteiger partial charge in [0.1, 0.15) is 0 Å². The van der Waals surface area contributed by atoms with E-state index in [4.69, 9.17) is 5.73 Å². The van der Waals surface area contributed by atoms with E-state index in [0.717, 1.165) is 0 Å². The summed E-state index contributed by atoms with van der Waals surface area (Å²) in [5, 5.41) is 0. The zero-order valence-electron chi connectivity index (χ0n) is 8.53. The number of hydrogen-bond acceptors (Lipinski definition) is 1. The van der Waals surface area contributed by atoms with Crippen LogP contribution in [0, 0.1) is 11.3 Å². The average Bonchev–Trinajstić information content (AvgIpc) is 2.71. The van der Waals surface area contributed by atoms with Gasteiger partial charge in [-0.15, -0.1) is 0 Å². The minimum Gasteiger partial charge on any atom is -0.369 e. The van der Waals surface area contributed by atoms with Crippen molar-refractivity contribution in [2.75, 3.05) is 0 Å². The van der Waals surface area contributed by atoms with E-state index in [-0.39, 0.29) is 17.2 Å². The van der Waals surface area contributed by atoms with Crippen molar-refractivity contribution in [3.05, 3.63) is 35.9 Å². The lowest BCUT2D eigenvalue weighted by molar-refractivity contribution is -0.119. The Bertz CT molecular complexity index is 356. The number of carbonyl (C=O) groups is 1. The second-order valence-electron chi connectivity index (χ2n) is 4.59. The number of carbonyl (C=O) groups excluding carboxylic acids is 1. The second kappa shape index (κ2) is 2.84. The Morgan fingerprint density at radius 2 is 1.86 bits per heavy atom. The van der Waals surface area contributed by atoms with Gasteiger partial charge in [0.2, 0.25) is 5.91 Å². The fraction of sp³-hybridized carbons (Fsp3) is 0.417. The number of primary amides is 1. The van der Waals surface area contributed by atoms with E-state index >= 15 is 0 Å². The molecule has 0 bridgehead atoms. The van der Waals surface area contributed by atoms with Crippen LogP contribution in [0.15, 0.2) is 30.3 Å². The van der Waals surface area contributed by atoms with Gasteiger partial charge < -0.3 is 5.73 Å². The summed E-state index contributed by atoms with van der Waals surface area (Å²) in [4.78, 5) is 11.2. The van der Waals surface area contributed by atoms with Crippen molar-refractivity contribution < 1.29 is 4.79 Å². The van der Waals surface area contributed by atoms with E-state index in [2.05, 4.69) is 26.0 Å². The van der Waals surface area contributed by atoms with Crippen LogP contribution < -0.4 is 5.73 Å². The highest BCUT2D eigenvalue weighted by atomic mass is 16.1. The molecule has 1 fully saturated rings. The zero-order valence-corrected chi connectivity index (χ0v) is 8.53. The van der Waals surface area contributed by atoms with Gasteiger partial charge in [0.05, 0.1) is 5.92 Å². The third kappa shape index (κ3) is 1.22. The van der Waals surface area contributed by atoms with Gasteiger partial charge in [0.15, 0.2) is 0 Å². The van der Waals surface area contributed by atoms with Crippen LogP contribution in [0.25, 0.3) is 0 Å². The summed E-state index contributed by atoms with van der Waals surface area (Å²) in [6, 6.07) is 10.1. The summed E-state index contributed by atoms with van der Waals surface area (Å²) in [6.45, 7) is 4.19. The Morgan fingerprint density at radius 3 is 2.29 bits per heavy atom. The third-order valence-electron chi connectivity index (χ3n) is 3.29. The van der Waals surface area contributed by atoms with Crippen LogP contribution in [-0.4, -0.2) is 5.91 Å². The summed E-state index contributed by atoms with van der Waals surface area (Å²) in [6.07, 6.45) is 0. The first-order valence-corrected chi connectivity index (χ1v) is 4.89. The van der Waals surface area contributed by atoms with Crippen LogP contribution in [-0.2, 0) is 4.79 Å². The number of rotatable bonds is 2. The molecule has 1 aliphatic carbocycles. The number of benzene rings is 1. The van der Waals surface area contributed by atoms with Crippen molar-refractivity contribution in [2.24, 2.45) is 17.1 Å². The summed E-state index contributed by atoms with van der Waals surface area (Å²) in [7, 11) is 0. The maximum Gasteiger partial charge on any atom is 0.221 e. The molecular formula is C12H15NO. The maximum atomic E-state index is 11.2. The van der Waals surface area contributed by atoms with Crippen LogP contribution in [0.3, 0.4) is 0 Å². The summed E-state index contributed by atoms with van der Waals surface area (Å²) in [5.41, 5.74) is 6.62. The predicted molar refractivity (Wildman–Crippen MR) is 55.6 cm³/mol. The molecule has 0 aromatic heterocycles. The SMILES string of the molecule is CC1(C)[C@H](C(N)=O)[C@@H]1c1ccccc1. The lowest BCUT2D eigenvalue weighted by Gasteiger charge is -2.01. The minimum absolute atomic E-state index is 0.00454. The molecule has 14 heavy (non-hydrogen) atoms. The largest absolute Gasteiger partial charge is 0.369 e. The van der Waals surface area contributed by atoms with Gasteiger partial charge in [0.25, 0.3) is 0 Å². The molecule has 0 radical (unpaired) electrons. The van der Waals surface area contributed by atoms with E-state index in [0.29, 0.717) is 5.92 Å². The monoisotopic (exact) mass is 189 g/mol. The standard InChI is InChI=1S/C12H15NO/c1-12(2)9(10(12)11(13)14)8-6-4-3-5-7-8/h3-7,9-10H,1-2H3,(H2,13,14)/t9-,10-/m0/s1. The van der Waals surface area contributed by atoms with Crippen LogP contribution in [0.5, 0.6) is 0 Å². The molecule has 1 amide bonds. The third-order valence-corrected chi connectivity index (χ3v) is 3.29. The Kier molecular flexibility index (Phi) is 1.88. The fourth-order valence-electron chi connectivity index (χ4n) is 2.45. The smallest absolute Gasteiger partial charge is 0.221 e. The van der Waals surface area contributed by atoms with Crippen molar-refractivity contribution in [1.29, 1.82) is 0 Å². The van der Waals surface area contributed by atoms with Crippen molar-refractivity contribution in [3.63, 3.8) is 0 Å². The topological polar surface area (TPSA) is 43.1 Å². The molecule has 0 spiro atoms. The van der Waals surface area contributed by atoms with E-state index in [1.54, 1.807) is 0 Å². The molecule has 1 saturated carbocycles. The molecule has 0 aliphatic heterocycles. The quantitative estimate of drug-likeness (QED) is 0.758.